The molecule has 0 fully saturated rings. The van der Waals surface area contributed by atoms with Gasteiger partial charge in [0.25, 0.3) is 0 Å². The molecule has 76 valence electrons. The Kier molecular flexibility index (Phi) is 1.81. The molecule has 0 amide bonds. The van der Waals surface area contributed by atoms with Gasteiger partial charge in [0, 0.05) is 17.4 Å². The van der Waals surface area contributed by atoms with Crippen LogP contribution in [-0.2, 0) is 6.42 Å². The number of para-hydroxylation sites is 1. The first kappa shape index (κ1) is 8.60. The lowest BCUT2D eigenvalue weighted by Gasteiger charge is -1.93. The van der Waals surface area contributed by atoms with E-state index in [1.807, 2.05) is 12.1 Å². The van der Waals surface area contributed by atoms with Crippen LogP contribution in [0.3, 0.4) is 0 Å². The Hall–Kier alpha value is -1.70. The number of hydrogen-bond donors (Lipinski definition) is 1. The van der Waals surface area contributed by atoms with Crippen LogP contribution in [0.5, 0.6) is 0 Å². The Balaban J connectivity index is 2.36. The van der Waals surface area contributed by atoms with E-state index in [1.54, 1.807) is 0 Å². The highest BCUT2D eigenvalue weighted by Gasteiger charge is 2.14. The normalized spacial score (nSPS) is 15.2. The van der Waals surface area contributed by atoms with Crippen molar-refractivity contribution in [3.63, 3.8) is 0 Å². The van der Waals surface area contributed by atoms with Gasteiger partial charge in [-0.15, -0.1) is 0 Å². The van der Waals surface area contributed by atoms with Crippen LogP contribution >= 0.6 is 0 Å². The molecule has 0 spiro atoms. The van der Waals surface area contributed by atoms with Gasteiger partial charge in [-0.1, -0.05) is 24.3 Å². The molecule has 2 nitrogen and oxygen atoms in total. The summed E-state index contributed by atoms with van der Waals surface area (Å²) in [6, 6.07) is 5.94. The van der Waals surface area contributed by atoms with Crippen LogP contribution in [0.25, 0.3) is 17.0 Å². The second-order valence-corrected chi connectivity index (χ2v) is 3.96. The van der Waals surface area contributed by atoms with Gasteiger partial charge in [-0.05, 0) is 18.9 Å². The molecule has 15 heavy (non-hydrogen) atoms. The molecule has 0 atom stereocenters. The second kappa shape index (κ2) is 3.16. The Morgan fingerprint density at radius 3 is 3.13 bits per heavy atom. The Labute approximate surface area is 88.4 Å². The van der Waals surface area contributed by atoms with Crippen molar-refractivity contribution in [1.29, 1.82) is 0 Å². The Morgan fingerprint density at radius 2 is 2.20 bits per heavy atom. The summed E-state index contributed by atoms with van der Waals surface area (Å²) in [6.07, 6.45) is 7.67. The van der Waals surface area contributed by atoms with Crippen molar-refractivity contribution in [2.24, 2.45) is 0 Å². The van der Waals surface area contributed by atoms with Gasteiger partial charge in [-0.3, -0.25) is 0 Å². The molecule has 0 radical (unpaired) electrons. The zero-order valence-electron chi connectivity index (χ0n) is 8.49. The first-order chi connectivity index (χ1) is 7.36. The highest BCUT2D eigenvalue weighted by Crippen LogP contribution is 2.33. The van der Waals surface area contributed by atoms with E-state index in [1.165, 1.54) is 5.56 Å². The number of furan rings is 1. The molecule has 1 aromatic carbocycles. The van der Waals surface area contributed by atoms with Crippen LogP contribution in [0.2, 0.25) is 0 Å². The molecule has 0 unspecified atom stereocenters. The topological polar surface area (TPSA) is 39.2 Å². The van der Waals surface area contributed by atoms with Gasteiger partial charge in [0.15, 0.2) is 5.58 Å². The van der Waals surface area contributed by atoms with E-state index in [2.05, 4.69) is 18.2 Å². The Morgan fingerprint density at radius 1 is 1.27 bits per heavy atom. The average Bonchev–Trinajstić information content (AvgIpc) is 2.45. The molecule has 1 heterocycles. The van der Waals surface area contributed by atoms with Gasteiger partial charge in [0.2, 0.25) is 0 Å². The number of benzene rings is 1. The van der Waals surface area contributed by atoms with E-state index in [0.29, 0.717) is 0 Å². The van der Waals surface area contributed by atoms with Crippen molar-refractivity contribution in [2.75, 3.05) is 5.73 Å². The molecule has 0 bridgehead atoms. The van der Waals surface area contributed by atoms with E-state index in [0.717, 1.165) is 41.7 Å². The number of nitrogen functional groups attached to an aromatic ring is 1. The fourth-order valence-electron chi connectivity index (χ4n) is 2.16. The van der Waals surface area contributed by atoms with E-state index in [-0.39, 0.29) is 0 Å². The lowest BCUT2D eigenvalue weighted by molar-refractivity contribution is 0.541. The number of anilines is 1. The predicted molar refractivity (Wildman–Crippen MR) is 62.6 cm³/mol. The van der Waals surface area contributed by atoms with E-state index in [9.17, 15) is 0 Å². The molecule has 0 saturated carbocycles. The van der Waals surface area contributed by atoms with Crippen molar-refractivity contribution >= 4 is 22.7 Å². The van der Waals surface area contributed by atoms with Gasteiger partial charge in [0.1, 0.15) is 5.76 Å². The highest BCUT2D eigenvalue weighted by atomic mass is 16.3. The average molecular weight is 199 g/mol. The molecular weight excluding hydrogens is 186 g/mol. The lowest BCUT2D eigenvalue weighted by atomic mass is 10.1. The van der Waals surface area contributed by atoms with Gasteiger partial charge >= 0.3 is 0 Å². The van der Waals surface area contributed by atoms with Crippen molar-refractivity contribution in [1.82, 2.24) is 0 Å². The molecule has 0 saturated heterocycles. The molecule has 0 aliphatic heterocycles. The molecule has 2 aromatic rings. The minimum absolute atomic E-state index is 0.731. The van der Waals surface area contributed by atoms with Gasteiger partial charge < -0.3 is 10.2 Å². The lowest BCUT2D eigenvalue weighted by Crippen LogP contribution is -1.83. The standard InChI is InChI=1S/C13H13NO/c14-11-7-4-6-10-9-5-2-1-3-8-12(9)15-13(10)11/h2,4-7H,1,3,8,14H2. The SMILES string of the molecule is Nc1cccc2c3c(oc12)CCCC=C3. The largest absolute Gasteiger partial charge is 0.458 e. The first-order valence-electron chi connectivity index (χ1n) is 5.32. The van der Waals surface area contributed by atoms with Crippen LogP contribution in [0, 0.1) is 0 Å². The molecule has 2 N–H and O–H groups in total. The summed E-state index contributed by atoms with van der Waals surface area (Å²) in [5.74, 6) is 1.08. The van der Waals surface area contributed by atoms with E-state index < -0.39 is 0 Å². The third-order valence-electron chi connectivity index (χ3n) is 2.92. The Bertz CT molecular complexity index is 537. The van der Waals surface area contributed by atoms with Crippen molar-refractivity contribution in [3.8, 4) is 0 Å². The molecule has 1 aromatic heterocycles. The maximum absolute atomic E-state index is 5.89. The zero-order chi connectivity index (χ0) is 10.3. The predicted octanol–water partition coefficient (Wildman–Crippen LogP) is 3.36. The van der Waals surface area contributed by atoms with Crippen molar-refractivity contribution < 1.29 is 4.42 Å². The summed E-state index contributed by atoms with van der Waals surface area (Å²) in [5.41, 5.74) is 8.68. The number of hydrogen-bond acceptors (Lipinski definition) is 2. The van der Waals surface area contributed by atoms with Crippen molar-refractivity contribution in [2.45, 2.75) is 19.3 Å². The summed E-state index contributed by atoms with van der Waals surface area (Å²) < 4.78 is 5.82. The maximum Gasteiger partial charge on any atom is 0.157 e. The van der Waals surface area contributed by atoms with Crippen LogP contribution in [0.15, 0.2) is 28.7 Å². The van der Waals surface area contributed by atoms with Crippen LogP contribution in [-0.4, -0.2) is 0 Å². The van der Waals surface area contributed by atoms with Crippen LogP contribution in [0.4, 0.5) is 5.69 Å². The second-order valence-electron chi connectivity index (χ2n) is 3.96. The summed E-state index contributed by atoms with van der Waals surface area (Å²) in [5, 5.41) is 1.14. The number of aryl methyl sites for hydroxylation is 1. The summed E-state index contributed by atoms with van der Waals surface area (Å²) in [4.78, 5) is 0. The van der Waals surface area contributed by atoms with Crippen molar-refractivity contribution in [3.05, 3.63) is 35.6 Å². The number of allylic oxidation sites excluding steroid dienone is 1. The summed E-state index contributed by atoms with van der Waals surface area (Å²) >= 11 is 0. The minimum atomic E-state index is 0.731. The summed E-state index contributed by atoms with van der Waals surface area (Å²) in [6.45, 7) is 0. The van der Waals surface area contributed by atoms with E-state index in [4.69, 9.17) is 10.2 Å². The van der Waals surface area contributed by atoms with Gasteiger partial charge in [-0.2, -0.15) is 0 Å². The van der Waals surface area contributed by atoms with Crippen LogP contribution < -0.4 is 5.73 Å². The zero-order valence-corrected chi connectivity index (χ0v) is 8.49. The highest BCUT2D eigenvalue weighted by molar-refractivity contribution is 5.95. The van der Waals surface area contributed by atoms with E-state index >= 15 is 0 Å². The smallest absolute Gasteiger partial charge is 0.157 e. The minimum Gasteiger partial charge on any atom is -0.458 e. The quantitative estimate of drug-likeness (QED) is 0.661. The van der Waals surface area contributed by atoms with Gasteiger partial charge in [0.05, 0.1) is 5.69 Å². The monoisotopic (exact) mass is 199 g/mol. The van der Waals surface area contributed by atoms with Crippen LogP contribution in [0.1, 0.15) is 24.2 Å². The number of rotatable bonds is 0. The number of nitrogens with two attached hydrogens (primary N) is 1. The number of fused-ring (bicyclic) bond motifs is 3. The molecule has 2 heteroatoms. The molecule has 1 aliphatic carbocycles. The maximum atomic E-state index is 5.89. The first-order valence-corrected chi connectivity index (χ1v) is 5.32. The van der Waals surface area contributed by atoms with Gasteiger partial charge in [-0.25, -0.2) is 0 Å². The fraction of sp³-hybridized carbons (Fsp3) is 0.231. The molecule has 3 rings (SSSR count). The third-order valence-corrected chi connectivity index (χ3v) is 2.92. The molecule has 1 aliphatic rings. The molecular formula is C13H13NO. The fourth-order valence-corrected chi connectivity index (χ4v) is 2.16. The summed E-state index contributed by atoms with van der Waals surface area (Å²) in [7, 11) is 0. The third kappa shape index (κ3) is 1.25.